The summed E-state index contributed by atoms with van der Waals surface area (Å²) < 4.78 is 1.81. The van der Waals surface area contributed by atoms with Crippen LogP contribution in [0.25, 0.3) is 0 Å². The molecule has 16 heavy (non-hydrogen) atoms. The monoisotopic (exact) mass is 237 g/mol. The normalized spacial score (nSPS) is 11.2. The lowest BCUT2D eigenvalue weighted by Gasteiger charge is -2.13. The van der Waals surface area contributed by atoms with E-state index in [0.29, 0.717) is 5.13 Å². The topological polar surface area (TPSA) is 60.0 Å². The van der Waals surface area contributed by atoms with Crippen molar-refractivity contribution in [1.82, 2.24) is 19.7 Å². The van der Waals surface area contributed by atoms with E-state index in [1.807, 2.05) is 29.5 Å². The van der Waals surface area contributed by atoms with Gasteiger partial charge in [-0.1, -0.05) is 0 Å². The molecule has 0 aliphatic rings. The number of aryl methyl sites for hydroxylation is 1. The van der Waals surface area contributed by atoms with Gasteiger partial charge in [0.15, 0.2) is 5.13 Å². The summed E-state index contributed by atoms with van der Waals surface area (Å²) in [6.45, 7) is 1.67. The summed E-state index contributed by atoms with van der Waals surface area (Å²) in [5.41, 5.74) is 7.81. The molecule has 0 fully saturated rings. The van der Waals surface area contributed by atoms with Gasteiger partial charge >= 0.3 is 0 Å². The van der Waals surface area contributed by atoms with Gasteiger partial charge in [-0.05, 0) is 7.05 Å². The van der Waals surface area contributed by atoms with E-state index in [9.17, 15) is 0 Å². The van der Waals surface area contributed by atoms with Crippen LogP contribution in [0.2, 0.25) is 0 Å². The van der Waals surface area contributed by atoms with Crippen LogP contribution in [0.1, 0.15) is 11.3 Å². The molecule has 2 heterocycles. The van der Waals surface area contributed by atoms with E-state index < -0.39 is 0 Å². The summed E-state index contributed by atoms with van der Waals surface area (Å²) in [4.78, 5) is 6.42. The van der Waals surface area contributed by atoms with Crippen molar-refractivity contribution >= 4 is 16.5 Å². The maximum absolute atomic E-state index is 5.59. The second kappa shape index (κ2) is 4.63. The Morgan fingerprint density at radius 3 is 2.88 bits per heavy atom. The molecule has 0 aliphatic carbocycles. The Hall–Kier alpha value is -1.40. The average molecular weight is 237 g/mol. The third-order valence-corrected chi connectivity index (χ3v) is 2.93. The minimum absolute atomic E-state index is 0.629. The minimum Gasteiger partial charge on any atom is -0.375 e. The summed E-state index contributed by atoms with van der Waals surface area (Å²) in [5, 5.41) is 6.76. The molecule has 0 atom stereocenters. The molecule has 0 saturated carbocycles. The maximum atomic E-state index is 5.59. The van der Waals surface area contributed by atoms with Crippen LogP contribution in [-0.4, -0.2) is 26.7 Å². The number of nitrogens with two attached hydrogens (primary N) is 1. The first-order valence-electron chi connectivity index (χ1n) is 4.99. The Bertz CT molecular complexity index is 419. The van der Waals surface area contributed by atoms with Crippen molar-refractivity contribution in [3.05, 3.63) is 29.0 Å². The van der Waals surface area contributed by atoms with Crippen molar-refractivity contribution in [3.63, 3.8) is 0 Å². The predicted molar refractivity (Wildman–Crippen MR) is 64.9 cm³/mol. The number of nitrogens with zero attached hydrogens (tertiary/aromatic N) is 4. The van der Waals surface area contributed by atoms with E-state index in [0.717, 1.165) is 18.8 Å². The highest BCUT2D eigenvalue weighted by Gasteiger charge is 2.05. The first-order chi connectivity index (χ1) is 7.63. The van der Waals surface area contributed by atoms with E-state index in [2.05, 4.69) is 22.0 Å². The van der Waals surface area contributed by atoms with Crippen LogP contribution in [-0.2, 0) is 20.1 Å². The van der Waals surface area contributed by atoms with Crippen molar-refractivity contribution in [2.24, 2.45) is 7.05 Å². The molecule has 86 valence electrons. The number of nitrogen functional groups attached to an aromatic ring is 1. The Labute approximate surface area is 98.5 Å². The van der Waals surface area contributed by atoms with Gasteiger partial charge in [0.2, 0.25) is 0 Å². The number of anilines is 1. The minimum atomic E-state index is 0.629. The zero-order valence-corrected chi connectivity index (χ0v) is 10.2. The molecular formula is C10H15N5S. The standard InChI is InChI=1S/C10H15N5S/c1-14(4-8-3-12-15(2)5-8)6-9-7-16-10(11)13-9/h3,5,7H,4,6H2,1-2H3,(H2,11,13). The molecule has 2 aromatic heterocycles. The number of aromatic nitrogens is 3. The lowest BCUT2D eigenvalue weighted by atomic mass is 10.3. The second-order valence-electron chi connectivity index (χ2n) is 3.87. The molecule has 0 amide bonds. The van der Waals surface area contributed by atoms with Gasteiger partial charge in [-0.2, -0.15) is 5.10 Å². The van der Waals surface area contributed by atoms with Crippen LogP contribution in [0, 0.1) is 0 Å². The Kier molecular flexibility index (Phi) is 3.21. The quantitative estimate of drug-likeness (QED) is 0.864. The van der Waals surface area contributed by atoms with Gasteiger partial charge in [0.25, 0.3) is 0 Å². The molecule has 0 bridgehead atoms. The molecule has 2 rings (SSSR count). The fourth-order valence-electron chi connectivity index (χ4n) is 1.59. The smallest absolute Gasteiger partial charge is 0.180 e. The Morgan fingerprint density at radius 2 is 2.31 bits per heavy atom. The van der Waals surface area contributed by atoms with Gasteiger partial charge in [0, 0.05) is 37.3 Å². The van der Waals surface area contributed by atoms with E-state index in [-0.39, 0.29) is 0 Å². The zero-order chi connectivity index (χ0) is 11.5. The molecule has 0 spiro atoms. The van der Waals surface area contributed by atoms with Crippen LogP contribution >= 0.6 is 11.3 Å². The molecule has 6 heteroatoms. The summed E-state index contributed by atoms with van der Waals surface area (Å²) in [5.74, 6) is 0. The molecule has 0 aromatic carbocycles. The highest BCUT2D eigenvalue weighted by molar-refractivity contribution is 7.13. The maximum Gasteiger partial charge on any atom is 0.180 e. The third kappa shape index (κ3) is 2.80. The van der Waals surface area contributed by atoms with Gasteiger partial charge in [-0.3, -0.25) is 9.58 Å². The summed E-state index contributed by atoms with van der Waals surface area (Å²) in [7, 11) is 3.98. The Morgan fingerprint density at radius 1 is 1.50 bits per heavy atom. The molecule has 5 nitrogen and oxygen atoms in total. The van der Waals surface area contributed by atoms with Crippen LogP contribution in [0.3, 0.4) is 0 Å². The van der Waals surface area contributed by atoms with Crippen LogP contribution in [0.4, 0.5) is 5.13 Å². The van der Waals surface area contributed by atoms with Gasteiger partial charge in [0.1, 0.15) is 0 Å². The van der Waals surface area contributed by atoms with Gasteiger partial charge < -0.3 is 5.73 Å². The highest BCUT2D eigenvalue weighted by Crippen LogP contribution is 2.13. The molecular weight excluding hydrogens is 222 g/mol. The van der Waals surface area contributed by atoms with Gasteiger partial charge in [0.05, 0.1) is 11.9 Å². The van der Waals surface area contributed by atoms with E-state index >= 15 is 0 Å². The van der Waals surface area contributed by atoms with E-state index in [4.69, 9.17) is 5.73 Å². The summed E-state index contributed by atoms with van der Waals surface area (Å²) >= 11 is 1.48. The lowest BCUT2D eigenvalue weighted by molar-refractivity contribution is 0.316. The van der Waals surface area contributed by atoms with Crippen molar-refractivity contribution in [2.45, 2.75) is 13.1 Å². The first-order valence-corrected chi connectivity index (χ1v) is 5.87. The molecule has 2 N–H and O–H groups in total. The molecule has 0 saturated heterocycles. The number of hydrogen-bond acceptors (Lipinski definition) is 5. The molecule has 0 unspecified atom stereocenters. The zero-order valence-electron chi connectivity index (χ0n) is 9.42. The van der Waals surface area contributed by atoms with Crippen molar-refractivity contribution < 1.29 is 0 Å². The van der Waals surface area contributed by atoms with Crippen molar-refractivity contribution in [3.8, 4) is 0 Å². The number of rotatable bonds is 4. The van der Waals surface area contributed by atoms with E-state index in [1.165, 1.54) is 16.9 Å². The summed E-state index contributed by atoms with van der Waals surface area (Å²) in [6.07, 6.45) is 3.90. The SMILES string of the molecule is CN(Cc1cnn(C)c1)Cc1csc(N)n1. The number of thiazole rings is 1. The average Bonchev–Trinajstić information content (AvgIpc) is 2.76. The second-order valence-corrected chi connectivity index (χ2v) is 4.76. The molecule has 0 aliphatic heterocycles. The van der Waals surface area contributed by atoms with E-state index in [1.54, 1.807) is 0 Å². The van der Waals surface area contributed by atoms with Crippen LogP contribution in [0.5, 0.6) is 0 Å². The molecule has 0 radical (unpaired) electrons. The van der Waals surface area contributed by atoms with Crippen LogP contribution in [0.15, 0.2) is 17.8 Å². The first kappa shape index (κ1) is 11.1. The predicted octanol–water partition coefficient (Wildman–Crippen LogP) is 1.09. The lowest BCUT2D eigenvalue weighted by Crippen LogP contribution is -2.17. The molecule has 2 aromatic rings. The van der Waals surface area contributed by atoms with Crippen molar-refractivity contribution in [2.75, 3.05) is 12.8 Å². The van der Waals surface area contributed by atoms with Gasteiger partial charge in [-0.15, -0.1) is 11.3 Å². The third-order valence-electron chi connectivity index (χ3n) is 2.21. The fraction of sp³-hybridized carbons (Fsp3) is 0.400. The number of hydrogen-bond donors (Lipinski definition) is 1. The van der Waals surface area contributed by atoms with Gasteiger partial charge in [-0.25, -0.2) is 4.98 Å². The van der Waals surface area contributed by atoms with Crippen LogP contribution < -0.4 is 5.73 Å². The fourth-order valence-corrected chi connectivity index (χ4v) is 2.15. The largest absolute Gasteiger partial charge is 0.375 e. The summed E-state index contributed by atoms with van der Waals surface area (Å²) in [6, 6.07) is 0. The highest BCUT2D eigenvalue weighted by atomic mass is 32.1. The van der Waals surface area contributed by atoms with Crippen molar-refractivity contribution in [1.29, 1.82) is 0 Å². The Balaban J connectivity index is 1.91.